The van der Waals surface area contributed by atoms with E-state index in [0.29, 0.717) is 0 Å². The second-order valence-corrected chi connectivity index (χ2v) is 7.60. The lowest BCUT2D eigenvalue weighted by Crippen LogP contribution is -2.43. The first kappa shape index (κ1) is 20.8. The van der Waals surface area contributed by atoms with E-state index >= 15 is 0 Å². The van der Waals surface area contributed by atoms with Crippen LogP contribution in [-0.2, 0) is 26.1 Å². The fourth-order valence-corrected chi connectivity index (χ4v) is 4.01. The minimum atomic E-state index is 0.722. The van der Waals surface area contributed by atoms with Crippen molar-refractivity contribution < 1.29 is 9.47 Å². The topological polar surface area (TPSA) is 63.9 Å². The number of guanidine groups is 1. The van der Waals surface area contributed by atoms with Gasteiger partial charge < -0.3 is 24.3 Å². The highest BCUT2D eigenvalue weighted by Gasteiger charge is 2.21. The molecule has 31 heavy (non-hydrogen) atoms. The number of rotatable bonds is 6. The van der Waals surface area contributed by atoms with Gasteiger partial charge in [-0.3, -0.25) is 4.99 Å². The van der Waals surface area contributed by atoms with Gasteiger partial charge in [0.25, 0.3) is 0 Å². The smallest absolute Gasteiger partial charge is 0.194 e. The van der Waals surface area contributed by atoms with Crippen LogP contribution < -0.4 is 14.8 Å². The summed E-state index contributed by atoms with van der Waals surface area (Å²) in [6.45, 7) is 3.23. The van der Waals surface area contributed by atoms with Gasteiger partial charge in [-0.2, -0.15) is 0 Å². The number of nitrogens with one attached hydrogen (secondary N) is 1. The third-order valence-electron chi connectivity index (χ3n) is 5.60. The van der Waals surface area contributed by atoms with Crippen LogP contribution in [0.3, 0.4) is 0 Å². The lowest BCUT2D eigenvalue weighted by molar-refractivity contribution is 0.346. The van der Waals surface area contributed by atoms with Gasteiger partial charge in [-0.15, -0.1) is 0 Å². The molecule has 0 saturated carbocycles. The van der Waals surface area contributed by atoms with Crippen LogP contribution in [0.4, 0.5) is 0 Å². The van der Waals surface area contributed by atoms with Crippen molar-refractivity contribution in [3.8, 4) is 11.5 Å². The van der Waals surface area contributed by atoms with Gasteiger partial charge in [-0.1, -0.05) is 24.3 Å². The van der Waals surface area contributed by atoms with E-state index in [2.05, 4.69) is 61.2 Å². The summed E-state index contributed by atoms with van der Waals surface area (Å²) in [5.41, 5.74) is 5.02. The molecule has 1 aromatic heterocycles. The Labute approximate surface area is 183 Å². The quantitative estimate of drug-likeness (QED) is 0.491. The molecule has 0 radical (unpaired) electrons. The predicted molar refractivity (Wildman–Crippen MR) is 122 cm³/mol. The highest BCUT2D eigenvalue weighted by atomic mass is 16.5. The molecular weight excluding hydrogens is 390 g/mol. The molecule has 2 heterocycles. The van der Waals surface area contributed by atoms with Crippen molar-refractivity contribution in [1.82, 2.24) is 19.8 Å². The number of aromatic nitrogens is 2. The van der Waals surface area contributed by atoms with E-state index in [4.69, 9.17) is 9.47 Å². The van der Waals surface area contributed by atoms with Crippen LogP contribution in [0.1, 0.15) is 22.3 Å². The molecule has 2 aromatic carbocycles. The fraction of sp³-hybridized carbons (Fsp3) is 0.333. The lowest BCUT2D eigenvalue weighted by Gasteiger charge is -2.32. The van der Waals surface area contributed by atoms with Crippen LogP contribution in [-0.4, -0.2) is 48.2 Å². The van der Waals surface area contributed by atoms with Crippen LogP contribution in [0, 0.1) is 0 Å². The Balaban J connectivity index is 1.41. The summed E-state index contributed by atoms with van der Waals surface area (Å²) >= 11 is 0. The number of nitrogens with zero attached hydrogens (tertiary/aromatic N) is 4. The van der Waals surface area contributed by atoms with Gasteiger partial charge in [0.2, 0.25) is 0 Å². The van der Waals surface area contributed by atoms with Crippen LogP contribution >= 0.6 is 0 Å². The summed E-state index contributed by atoms with van der Waals surface area (Å²) in [6, 6.07) is 12.8. The van der Waals surface area contributed by atoms with Crippen molar-refractivity contribution in [1.29, 1.82) is 0 Å². The molecule has 7 heteroatoms. The molecule has 0 saturated heterocycles. The van der Waals surface area contributed by atoms with Crippen LogP contribution in [0.25, 0.3) is 0 Å². The first-order chi connectivity index (χ1) is 15.2. The molecule has 1 N–H and O–H groups in total. The SMILES string of the molecule is CN=C(NCc1cccc(Cn2ccnc2)c1)N1CCc2cc(OC)c(OC)cc2C1. The molecule has 0 fully saturated rings. The molecule has 0 aliphatic carbocycles. The Morgan fingerprint density at radius 1 is 1.10 bits per heavy atom. The second kappa shape index (κ2) is 9.55. The zero-order chi connectivity index (χ0) is 21.6. The Kier molecular flexibility index (Phi) is 6.40. The number of benzene rings is 2. The molecule has 0 spiro atoms. The Morgan fingerprint density at radius 2 is 1.87 bits per heavy atom. The molecule has 4 rings (SSSR count). The molecule has 7 nitrogen and oxygen atoms in total. The van der Waals surface area contributed by atoms with Gasteiger partial charge in [-0.05, 0) is 40.8 Å². The zero-order valence-electron chi connectivity index (χ0n) is 18.3. The van der Waals surface area contributed by atoms with Gasteiger partial charge in [0, 0.05) is 45.6 Å². The molecule has 0 unspecified atom stereocenters. The van der Waals surface area contributed by atoms with Gasteiger partial charge in [0.05, 0.1) is 20.5 Å². The van der Waals surface area contributed by atoms with E-state index < -0.39 is 0 Å². The van der Waals surface area contributed by atoms with Crippen molar-refractivity contribution in [2.24, 2.45) is 4.99 Å². The highest BCUT2D eigenvalue weighted by Crippen LogP contribution is 2.33. The Bertz CT molecular complexity index is 1050. The normalized spacial score (nSPS) is 13.6. The summed E-state index contributed by atoms with van der Waals surface area (Å²) in [7, 11) is 5.18. The maximum absolute atomic E-state index is 5.48. The number of fused-ring (bicyclic) bond motifs is 1. The minimum absolute atomic E-state index is 0.722. The van der Waals surface area contributed by atoms with Crippen molar-refractivity contribution >= 4 is 5.96 Å². The van der Waals surface area contributed by atoms with E-state index in [1.165, 1.54) is 22.3 Å². The summed E-state index contributed by atoms with van der Waals surface area (Å²) in [6.07, 6.45) is 6.56. The highest BCUT2D eigenvalue weighted by molar-refractivity contribution is 5.80. The van der Waals surface area contributed by atoms with Gasteiger partial charge >= 0.3 is 0 Å². The first-order valence-corrected chi connectivity index (χ1v) is 10.4. The number of methoxy groups -OCH3 is 2. The molecule has 0 amide bonds. The number of hydrogen-bond acceptors (Lipinski definition) is 4. The number of aliphatic imine (C=N–C) groups is 1. The third-order valence-corrected chi connectivity index (χ3v) is 5.60. The molecule has 1 aliphatic heterocycles. The molecule has 3 aromatic rings. The van der Waals surface area contributed by atoms with E-state index in [-0.39, 0.29) is 0 Å². The van der Waals surface area contributed by atoms with Crippen molar-refractivity contribution in [3.63, 3.8) is 0 Å². The molecular formula is C24H29N5O2. The third kappa shape index (κ3) is 4.82. The summed E-state index contributed by atoms with van der Waals surface area (Å²) in [4.78, 5) is 10.9. The van der Waals surface area contributed by atoms with Crippen molar-refractivity contribution in [2.75, 3.05) is 27.8 Å². The summed E-state index contributed by atoms with van der Waals surface area (Å²) < 4.78 is 13.0. The molecule has 162 valence electrons. The van der Waals surface area contributed by atoms with Gasteiger partial charge in [-0.25, -0.2) is 4.98 Å². The van der Waals surface area contributed by atoms with Gasteiger partial charge in [0.1, 0.15) is 0 Å². The largest absolute Gasteiger partial charge is 0.493 e. The Hall–Kier alpha value is -3.48. The number of hydrogen-bond donors (Lipinski definition) is 1. The average molecular weight is 420 g/mol. The average Bonchev–Trinajstić information content (AvgIpc) is 3.31. The van der Waals surface area contributed by atoms with Crippen molar-refractivity contribution in [2.45, 2.75) is 26.1 Å². The molecule has 0 bridgehead atoms. The van der Waals surface area contributed by atoms with Crippen LogP contribution in [0.2, 0.25) is 0 Å². The van der Waals surface area contributed by atoms with E-state index in [9.17, 15) is 0 Å². The van der Waals surface area contributed by atoms with Crippen molar-refractivity contribution in [3.05, 3.63) is 77.4 Å². The minimum Gasteiger partial charge on any atom is -0.493 e. The first-order valence-electron chi connectivity index (χ1n) is 10.4. The van der Waals surface area contributed by atoms with Gasteiger partial charge in [0.15, 0.2) is 17.5 Å². The van der Waals surface area contributed by atoms with E-state index in [0.717, 1.165) is 50.1 Å². The van der Waals surface area contributed by atoms with Crippen LogP contribution in [0.15, 0.2) is 60.1 Å². The lowest BCUT2D eigenvalue weighted by atomic mass is 9.99. The maximum Gasteiger partial charge on any atom is 0.194 e. The standard InChI is InChI=1S/C24H29N5O2/c1-25-24(27-14-18-5-4-6-19(11-18)15-28-10-8-26-17-28)29-9-7-20-12-22(30-2)23(31-3)13-21(20)16-29/h4-6,8,10-13,17H,7,9,14-16H2,1-3H3,(H,25,27). The zero-order valence-corrected chi connectivity index (χ0v) is 18.3. The van der Waals surface area contributed by atoms with E-state index in [1.807, 2.05) is 19.6 Å². The summed E-state index contributed by atoms with van der Waals surface area (Å²) in [5.74, 6) is 2.45. The molecule has 0 atom stereocenters. The summed E-state index contributed by atoms with van der Waals surface area (Å²) in [5, 5.41) is 3.52. The number of imidazole rings is 1. The van der Waals surface area contributed by atoms with E-state index in [1.54, 1.807) is 20.4 Å². The Morgan fingerprint density at radius 3 is 2.58 bits per heavy atom. The second-order valence-electron chi connectivity index (χ2n) is 7.60. The maximum atomic E-state index is 5.48. The fourth-order valence-electron chi connectivity index (χ4n) is 4.01. The van der Waals surface area contributed by atoms with Crippen LogP contribution in [0.5, 0.6) is 11.5 Å². The monoisotopic (exact) mass is 419 g/mol. The molecule has 1 aliphatic rings. The predicted octanol–water partition coefficient (Wildman–Crippen LogP) is 3.08. The number of ether oxygens (including phenoxy) is 2.